The Morgan fingerprint density at radius 2 is 2.00 bits per heavy atom. The predicted octanol–water partition coefficient (Wildman–Crippen LogP) is 4.48. The van der Waals surface area contributed by atoms with E-state index in [2.05, 4.69) is 19.9 Å². The molecule has 2 aromatic rings. The third-order valence-corrected chi connectivity index (χ3v) is 4.24. The monoisotopic (exact) mass is 312 g/mol. The number of fused-ring (bicyclic) bond motifs is 1. The molecule has 3 nitrogen and oxygen atoms in total. The van der Waals surface area contributed by atoms with Gasteiger partial charge in [-0.15, -0.1) is 0 Å². The number of hydrogen-bond acceptors (Lipinski definition) is 3. The molecule has 2 N–H and O–H groups in total. The van der Waals surface area contributed by atoms with Crippen LogP contribution in [0.5, 0.6) is 5.75 Å². The fourth-order valence-corrected chi connectivity index (χ4v) is 3.29. The second-order valence-electron chi connectivity index (χ2n) is 6.29. The molecule has 112 valence electrons. The molecule has 1 heterocycles. The van der Waals surface area contributed by atoms with Crippen LogP contribution in [0.4, 0.5) is 5.69 Å². The van der Waals surface area contributed by atoms with Gasteiger partial charge in [-0.1, -0.05) is 17.7 Å². The van der Waals surface area contributed by atoms with E-state index in [4.69, 9.17) is 22.1 Å². The fraction of sp³-hybridized carbons (Fsp3) is 0.278. The second-order valence-corrected chi connectivity index (χ2v) is 6.73. The van der Waals surface area contributed by atoms with Crippen molar-refractivity contribution >= 4 is 17.3 Å². The van der Waals surface area contributed by atoms with Gasteiger partial charge in [-0.2, -0.15) is 5.26 Å². The highest BCUT2D eigenvalue weighted by molar-refractivity contribution is 6.31. The quantitative estimate of drug-likeness (QED) is 0.790. The minimum atomic E-state index is -0.248. The van der Waals surface area contributed by atoms with Crippen molar-refractivity contribution < 1.29 is 4.74 Å². The van der Waals surface area contributed by atoms with Gasteiger partial charge in [0.05, 0.1) is 5.56 Å². The zero-order valence-electron chi connectivity index (χ0n) is 12.8. The summed E-state index contributed by atoms with van der Waals surface area (Å²) in [7, 11) is 0. The van der Waals surface area contributed by atoms with Crippen LogP contribution in [0.25, 0.3) is 11.1 Å². The van der Waals surface area contributed by atoms with Crippen molar-refractivity contribution in [2.75, 3.05) is 5.73 Å². The highest BCUT2D eigenvalue weighted by atomic mass is 35.5. The minimum Gasteiger partial charge on any atom is -0.487 e. The SMILES string of the molecule is Cc1c(-c2cc(Cl)cc3c2OC(C)(C)C3)ccc(N)c1C#N. The van der Waals surface area contributed by atoms with E-state index in [1.165, 1.54) is 0 Å². The average Bonchev–Trinajstić information content (AvgIpc) is 2.72. The van der Waals surface area contributed by atoms with Gasteiger partial charge >= 0.3 is 0 Å². The summed E-state index contributed by atoms with van der Waals surface area (Å²) in [6.07, 6.45) is 0.815. The molecule has 0 atom stereocenters. The third-order valence-electron chi connectivity index (χ3n) is 4.02. The number of hydrogen-bond donors (Lipinski definition) is 1. The number of ether oxygens (including phenoxy) is 1. The van der Waals surface area contributed by atoms with Crippen LogP contribution in [-0.4, -0.2) is 5.60 Å². The summed E-state index contributed by atoms with van der Waals surface area (Å²) in [5.74, 6) is 0.853. The van der Waals surface area contributed by atoms with E-state index >= 15 is 0 Å². The van der Waals surface area contributed by atoms with Gasteiger partial charge in [0.25, 0.3) is 0 Å². The number of anilines is 1. The highest BCUT2D eigenvalue weighted by Gasteiger charge is 2.33. The molecule has 0 saturated carbocycles. The van der Waals surface area contributed by atoms with Gasteiger partial charge in [0.2, 0.25) is 0 Å². The number of halogens is 1. The van der Waals surface area contributed by atoms with Crippen molar-refractivity contribution in [3.05, 3.63) is 46.0 Å². The van der Waals surface area contributed by atoms with Gasteiger partial charge in [0, 0.05) is 28.3 Å². The number of rotatable bonds is 1. The molecule has 0 amide bonds. The molecule has 0 aromatic heterocycles. The van der Waals surface area contributed by atoms with Crippen LogP contribution in [0.1, 0.15) is 30.5 Å². The van der Waals surface area contributed by atoms with Crippen LogP contribution in [-0.2, 0) is 6.42 Å². The summed E-state index contributed by atoms with van der Waals surface area (Å²) >= 11 is 6.28. The van der Waals surface area contributed by atoms with Crippen molar-refractivity contribution in [2.24, 2.45) is 0 Å². The maximum Gasteiger partial charge on any atom is 0.131 e. The van der Waals surface area contributed by atoms with E-state index in [0.717, 1.165) is 34.4 Å². The molecule has 0 fully saturated rings. The molecule has 0 aliphatic carbocycles. The first-order chi connectivity index (χ1) is 10.3. The molecule has 2 aromatic carbocycles. The van der Waals surface area contributed by atoms with Gasteiger partial charge in [0.15, 0.2) is 0 Å². The third kappa shape index (κ3) is 2.30. The molecule has 1 aliphatic rings. The lowest BCUT2D eigenvalue weighted by Crippen LogP contribution is -2.24. The van der Waals surface area contributed by atoms with Gasteiger partial charge in [-0.25, -0.2) is 0 Å². The standard InChI is InChI=1S/C18H17ClN2O/c1-10-13(4-5-16(21)15(10)9-20)14-7-12(19)6-11-8-18(2,3)22-17(11)14/h4-7H,8,21H2,1-3H3. The number of nitrogens with zero attached hydrogens (tertiary/aromatic N) is 1. The van der Waals surface area contributed by atoms with Crippen molar-refractivity contribution in [3.8, 4) is 22.9 Å². The van der Waals surface area contributed by atoms with E-state index in [0.29, 0.717) is 16.3 Å². The molecule has 0 spiro atoms. The van der Waals surface area contributed by atoms with Gasteiger partial charge in [-0.3, -0.25) is 0 Å². The molecule has 0 bridgehead atoms. The lowest BCUT2D eigenvalue weighted by molar-refractivity contribution is 0.139. The Labute approximate surface area is 135 Å². The summed E-state index contributed by atoms with van der Waals surface area (Å²) in [5, 5.41) is 9.99. The minimum absolute atomic E-state index is 0.248. The molecule has 3 rings (SSSR count). The van der Waals surface area contributed by atoms with Crippen molar-refractivity contribution in [3.63, 3.8) is 0 Å². The Kier molecular flexibility index (Phi) is 3.30. The lowest BCUT2D eigenvalue weighted by atomic mass is 9.93. The Morgan fingerprint density at radius 1 is 1.27 bits per heavy atom. The Balaban J connectivity index is 2.26. The summed E-state index contributed by atoms with van der Waals surface area (Å²) in [6, 6.07) is 9.70. The molecule has 0 unspecified atom stereocenters. The van der Waals surface area contributed by atoms with E-state index < -0.39 is 0 Å². The summed E-state index contributed by atoms with van der Waals surface area (Å²) in [6.45, 7) is 6.01. The first-order valence-corrected chi connectivity index (χ1v) is 7.51. The summed E-state index contributed by atoms with van der Waals surface area (Å²) < 4.78 is 6.12. The topological polar surface area (TPSA) is 59.0 Å². The molecule has 4 heteroatoms. The number of benzene rings is 2. The summed E-state index contributed by atoms with van der Waals surface area (Å²) in [5.41, 5.74) is 10.4. The van der Waals surface area contributed by atoms with E-state index in [-0.39, 0.29) is 5.60 Å². The van der Waals surface area contributed by atoms with Crippen LogP contribution >= 0.6 is 11.6 Å². The maximum atomic E-state index is 9.31. The van der Waals surface area contributed by atoms with E-state index in [1.807, 2.05) is 25.1 Å². The van der Waals surface area contributed by atoms with Crippen molar-refractivity contribution in [1.82, 2.24) is 0 Å². The Bertz CT molecular complexity index is 819. The smallest absolute Gasteiger partial charge is 0.131 e. The highest BCUT2D eigenvalue weighted by Crippen LogP contribution is 2.45. The largest absolute Gasteiger partial charge is 0.487 e. The number of nitriles is 1. The normalized spacial score (nSPS) is 15.0. The van der Waals surface area contributed by atoms with Crippen molar-refractivity contribution in [1.29, 1.82) is 5.26 Å². The molecular weight excluding hydrogens is 296 g/mol. The fourth-order valence-electron chi connectivity index (χ4n) is 3.05. The van der Waals surface area contributed by atoms with Crippen LogP contribution in [0.3, 0.4) is 0 Å². The first kappa shape index (κ1) is 14.7. The van der Waals surface area contributed by atoms with E-state index in [9.17, 15) is 5.26 Å². The molecule has 0 saturated heterocycles. The van der Waals surface area contributed by atoms with Crippen LogP contribution in [0.15, 0.2) is 24.3 Å². The second kappa shape index (κ2) is 4.93. The van der Waals surface area contributed by atoms with Crippen LogP contribution < -0.4 is 10.5 Å². The Morgan fingerprint density at radius 3 is 2.68 bits per heavy atom. The summed E-state index contributed by atoms with van der Waals surface area (Å²) in [4.78, 5) is 0. The number of nitrogens with two attached hydrogens (primary N) is 1. The predicted molar refractivity (Wildman–Crippen MR) is 89.2 cm³/mol. The van der Waals surface area contributed by atoms with Crippen LogP contribution in [0.2, 0.25) is 5.02 Å². The molecular formula is C18H17ClN2O. The van der Waals surface area contributed by atoms with E-state index in [1.54, 1.807) is 6.07 Å². The zero-order chi connectivity index (χ0) is 16.1. The van der Waals surface area contributed by atoms with Gasteiger partial charge in [0.1, 0.15) is 17.4 Å². The first-order valence-electron chi connectivity index (χ1n) is 7.13. The van der Waals surface area contributed by atoms with Crippen molar-refractivity contribution in [2.45, 2.75) is 32.8 Å². The van der Waals surface area contributed by atoms with Gasteiger partial charge < -0.3 is 10.5 Å². The molecule has 1 aliphatic heterocycles. The van der Waals surface area contributed by atoms with Gasteiger partial charge in [-0.05, 0) is 50.1 Å². The van der Waals surface area contributed by atoms with Crippen LogP contribution in [0, 0.1) is 18.3 Å². The lowest BCUT2D eigenvalue weighted by Gasteiger charge is -2.19. The zero-order valence-corrected chi connectivity index (χ0v) is 13.6. The maximum absolute atomic E-state index is 9.31. The molecule has 22 heavy (non-hydrogen) atoms. The molecule has 0 radical (unpaired) electrons. The Hall–Kier alpha value is -2.18. The number of nitrogen functional groups attached to an aromatic ring is 1. The average molecular weight is 313 g/mol.